The number of hydrogen-bond acceptors (Lipinski definition) is 2. The Bertz CT molecular complexity index is 590. The molecule has 0 saturated carbocycles. The Morgan fingerprint density at radius 2 is 2.00 bits per heavy atom. The number of rotatable bonds is 6. The van der Waals surface area contributed by atoms with E-state index in [0.29, 0.717) is 6.42 Å². The van der Waals surface area contributed by atoms with Crippen molar-refractivity contribution in [1.82, 2.24) is 9.78 Å². The molecule has 0 unspecified atom stereocenters. The fourth-order valence-corrected chi connectivity index (χ4v) is 2.66. The predicted octanol–water partition coefficient (Wildman–Crippen LogP) is 3.84. The van der Waals surface area contributed by atoms with Crippen LogP contribution in [0, 0.1) is 0 Å². The SMILES string of the molecule is CCc1nn(C)c(CCCC(=O)c2ccccc2)c1Cl. The molecule has 0 aliphatic heterocycles. The Hall–Kier alpha value is -1.61. The first kappa shape index (κ1) is 14.8. The number of aromatic nitrogens is 2. The van der Waals surface area contributed by atoms with Gasteiger partial charge in [0.1, 0.15) is 0 Å². The van der Waals surface area contributed by atoms with Crippen molar-refractivity contribution in [2.24, 2.45) is 7.05 Å². The van der Waals surface area contributed by atoms with Crippen LogP contribution in [-0.2, 0) is 19.9 Å². The zero-order valence-electron chi connectivity index (χ0n) is 11.9. The Labute approximate surface area is 124 Å². The van der Waals surface area contributed by atoms with Crippen LogP contribution in [0.2, 0.25) is 5.02 Å². The van der Waals surface area contributed by atoms with Crippen LogP contribution in [0.1, 0.15) is 41.5 Å². The molecule has 2 aromatic rings. The highest BCUT2D eigenvalue weighted by Crippen LogP contribution is 2.22. The number of aryl methyl sites for hydroxylation is 2. The summed E-state index contributed by atoms with van der Waals surface area (Å²) in [6.07, 6.45) is 2.93. The molecule has 2 rings (SSSR count). The Balaban J connectivity index is 1.94. The first-order valence-corrected chi connectivity index (χ1v) is 7.29. The van der Waals surface area contributed by atoms with Gasteiger partial charge in [-0.3, -0.25) is 9.48 Å². The van der Waals surface area contributed by atoms with Gasteiger partial charge in [-0.05, 0) is 19.3 Å². The van der Waals surface area contributed by atoms with Gasteiger partial charge in [-0.15, -0.1) is 0 Å². The summed E-state index contributed by atoms with van der Waals surface area (Å²) in [5.41, 5.74) is 2.72. The van der Waals surface area contributed by atoms with E-state index in [9.17, 15) is 4.79 Å². The van der Waals surface area contributed by atoms with E-state index in [1.165, 1.54) is 0 Å². The third-order valence-corrected chi connectivity index (χ3v) is 3.85. The standard InChI is InChI=1S/C16H19ClN2O/c1-3-13-16(17)14(19(2)18-13)10-7-11-15(20)12-8-5-4-6-9-12/h4-6,8-9H,3,7,10-11H2,1-2H3. The zero-order chi connectivity index (χ0) is 14.5. The van der Waals surface area contributed by atoms with E-state index < -0.39 is 0 Å². The summed E-state index contributed by atoms with van der Waals surface area (Å²) in [5.74, 6) is 0.180. The molecule has 0 amide bonds. The summed E-state index contributed by atoms with van der Waals surface area (Å²) < 4.78 is 1.83. The van der Waals surface area contributed by atoms with Crippen LogP contribution in [0.3, 0.4) is 0 Å². The fourth-order valence-electron chi connectivity index (χ4n) is 2.28. The van der Waals surface area contributed by atoms with Gasteiger partial charge in [0.05, 0.1) is 16.4 Å². The molecular formula is C16H19ClN2O. The van der Waals surface area contributed by atoms with E-state index in [1.54, 1.807) is 0 Å². The lowest BCUT2D eigenvalue weighted by molar-refractivity contribution is 0.0980. The summed E-state index contributed by atoms with van der Waals surface area (Å²) in [5, 5.41) is 5.14. The molecule has 0 aliphatic rings. The molecule has 0 N–H and O–H groups in total. The van der Waals surface area contributed by atoms with Crippen LogP contribution in [0.4, 0.5) is 0 Å². The molecule has 0 bridgehead atoms. The summed E-state index contributed by atoms with van der Waals surface area (Å²) in [6, 6.07) is 9.40. The molecule has 0 spiro atoms. The smallest absolute Gasteiger partial charge is 0.162 e. The Morgan fingerprint density at radius 1 is 1.30 bits per heavy atom. The molecule has 1 aromatic carbocycles. The Kier molecular flexibility index (Phi) is 4.96. The molecular weight excluding hydrogens is 272 g/mol. The third-order valence-electron chi connectivity index (χ3n) is 3.42. The van der Waals surface area contributed by atoms with Crippen LogP contribution in [0.25, 0.3) is 0 Å². The van der Waals surface area contributed by atoms with Gasteiger partial charge in [0.15, 0.2) is 5.78 Å². The number of nitrogens with zero attached hydrogens (tertiary/aromatic N) is 2. The number of hydrogen-bond donors (Lipinski definition) is 0. The van der Waals surface area contributed by atoms with E-state index in [-0.39, 0.29) is 5.78 Å². The normalized spacial score (nSPS) is 10.8. The second-order valence-corrected chi connectivity index (χ2v) is 5.21. The first-order chi connectivity index (χ1) is 9.63. The maximum atomic E-state index is 12.0. The minimum atomic E-state index is 0.180. The van der Waals surface area contributed by atoms with Gasteiger partial charge in [0.25, 0.3) is 0 Å². The Morgan fingerprint density at radius 3 is 2.60 bits per heavy atom. The van der Waals surface area contributed by atoms with Gasteiger partial charge >= 0.3 is 0 Å². The number of halogens is 1. The van der Waals surface area contributed by atoms with Gasteiger partial charge < -0.3 is 0 Å². The molecule has 0 radical (unpaired) electrons. The summed E-state index contributed by atoms with van der Waals surface area (Å²) in [4.78, 5) is 12.0. The first-order valence-electron chi connectivity index (χ1n) is 6.92. The zero-order valence-corrected chi connectivity index (χ0v) is 12.7. The average Bonchev–Trinajstić information content (AvgIpc) is 2.75. The van der Waals surface area contributed by atoms with Gasteiger partial charge in [0, 0.05) is 19.0 Å². The third kappa shape index (κ3) is 3.28. The average molecular weight is 291 g/mol. The van der Waals surface area contributed by atoms with Crippen molar-refractivity contribution in [3.05, 3.63) is 52.3 Å². The molecule has 0 fully saturated rings. The molecule has 4 heteroatoms. The molecule has 20 heavy (non-hydrogen) atoms. The van der Waals surface area contributed by atoms with Gasteiger partial charge in [-0.1, -0.05) is 48.9 Å². The van der Waals surface area contributed by atoms with E-state index in [2.05, 4.69) is 5.10 Å². The fraction of sp³-hybridized carbons (Fsp3) is 0.375. The van der Waals surface area contributed by atoms with Crippen molar-refractivity contribution in [2.45, 2.75) is 32.6 Å². The number of Topliss-reactive ketones (excluding diaryl/α,β-unsaturated/α-hetero) is 1. The highest BCUT2D eigenvalue weighted by molar-refractivity contribution is 6.31. The second-order valence-electron chi connectivity index (χ2n) is 4.83. The number of benzene rings is 1. The molecule has 3 nitrogen and oxygen atoms in total. The quantitative estimate of drug-likeness (QED) is 0.758. The minimum absolute atomic E-state index is 0.180. The van der Waals surface area contributed by atoms with Gasteiger partial charge in [-0.2, -0.15) is 5.10 Å². The maximum absolute atomic E-state index is 12.0. The minimum Gasteiger partial charge on any atom is -0.294 e. The second kappa shape index (κ2) is 6.71. The number of carbonyl (C=O) groups is 1. The van der Waals surface area contributed by atoms with Crippen LogP contribution in [-0.4, -0.2) is 15.6 Å². The van der Waals surface area contributed by atoms with Crippen molar-refractivity contribution >= 4 is 17.4 Å². The highest BCUT2D eigenvalue weighted by atomic mass is 35.5. The van der Waals surface area contributed by atoms with E-state index in [4.69, 9.17) is 11.6 Å². The summed E-state index contributed by atoms with van der Waals surface area (Å²) >= 11 is 6.29. The van der Waals surface area contributed by atoms with Crippen LogP contribution in [0.15, 0.2) is 30.3 Å². The number of ketones is 1. The van der Waals surface area contributed by atoms with E-state index >= 15 is 0 Å². The van der Waals surface area contributed by atoms with E-state index in [1.807, 2.05) is 49.0 Å². The largest absolute Gasteiger partial charge is 0.294 e. The molecule has 0 aliphatic carbocycles. The predicted molar refractivity (Wildman–Crippen MR) is 81.3 cm³/mol. The maximum Gasteiger partial charge on any atom is 0.162 e. The van der Waals surface area contributed by atoms with Crippen molar-refractivity contribution in [3.8, 4) is 0 Å². The summed E-state index contributed by atoms with van der Waals surface area (Å²) in [6.45, 7) is 2.04. The molecule has 1 heterocycles. The monoisotopic (exact) mass is 290 g/mol. The summed E-state index contributed by atoms with van der Waals surface area (Å²) in [7, 11) is 1.90. The highest BCUT2D eigenvalue weighted by Gasteiger charge is 2.13. The van der Waals surface area contributed by atoms with Gasteiger partial charge in [0.2, 0.25) is 0 Å². The lowest BCUT2D eigenvalue weighted by Crippen LogP contribution is -2.02. The van der Waals surface area contributed by atoms with Gasteiger partial charge in [-0.25, -0.2) is 0 Å². The van der Waals surface area contributed by atoms with Crippen LogP contribution in [0.5, 0.6) is 0 Å². The van der Waals surface area contributed by atoms with Crippen molar-refractivity contribution in [1.29, 1.82) is 0 Å². The molecule has 0 atom stereocenters. The topological polar surface area (TPSA) is 34.9 Å². The molecule has 106 valence electrons. The number of carbonyl (C=O) groups excluding carboxylic acids is 1. The van der Waals surface area contributed by atoms with Crippen LogP contribution >= 0.6 is 11.6 Å². The van der Waals surface area contributed by atoms with Crippen molar-refractivity contribution < 1.29 is 4.79 Å². The molecule has 0 saturated heterocycles. The van der Waals surface area contributed by atoms with E-state index in [0.717, 1.165) is 41.2 Å². The lowest BCUT2D eigenvalue weighted by Gasteiger charge is -2.03. The lowest BCUT2D eigenvalue weighted by atomic mass is 10.0. The molecule has 1 aromatic heterocycles. The van der Waals surface area contributed by atoms with Crippen molar-refractivity contribution in [2.75, 3.05) is 0 Å². The van der Waals surface area contributed by atoms with Crippen molar-refractivity contribution in [3.63, 3.8) is 0 Å². The van der Waals surface area contributed by atoms with Crippen LogP contribution < -0.4 is 0 Å².